The number of likely N-dealkylation sites (tertiary alicyclic amines) is 1. The predicted molar refractivity (Wildman–Crippen MR) is 92.8 cm³/mol. The van der Waals surface area contributed by atoms with Gasteiger partial charge < -0.3 is 0 Å². The lowest BCUT2D eigenvalue weighted by Gasteiger charge is -2.29. The Hall–Kier alpha value is -2.24. The molecular formula is C18H18ClN5. The molecule has 1 aromatic heterocycles. The van der Waals surface area contributed by atoms with Crippen molar-refractivity contribution in [3.05, 3.63) is 76.6 Å². The molecule has 1 fully saturated rings. The van der Waals surface area contributed by atoms with Crippen LogP contribution >= 0.6 is 11.6 Å². The van der Waals surface area contributed by atoms with E-state index in [0.717, 1.165) is 30.4 Å². The Balaban J connectivity index is 1.65. The summed E-state index contributed by atoms with van der Waals surface area (Å²) >= 11 is 6.07. The standard InChI is InChI=1S/C18H18ClN5/c19-16-8-6-14(7-9-16)17(13-4-2-1-3-5-13)24-11-10-15(12-24)18-20-22-23-21-18/h1-9,15,17H,10-12H2,(H,20,21,22,23). The Bertz CT molecular complexity index is 773. The van der Waals surface area contributed by atoms with Crippen molar-refractivity contribution in [2.75, 3.05) is 13.1 Å². The van der Waals surface area contributed by atoms with Crippen LogP contribution in [-0.4, -0.2) is 38.6 Å². The largest absolute Gasteiger partial charge is 0.292 e. The lowest BCUT2D eigenvalue weighted by atomic mass is 9.97. The molecule has 0 saturated carbocycles. The monoisotopic (exact) mass is 339 g/mol. The number of nitrogens with one attached hydrogen (secondary N) is 1. The summed E-state index contributed by atoms with van der Waals surface area (Å²) in [4.78, 5) is 2.49. The number of aromatic nitrogens is 4. The van der Waals surface area contributed by atoms with Gasteiger partial charge in [-0.25, -0.2) is 0 Å². The van der Waals surface area contributed by atoms with Gasteiger partial charge in [-0.05, 0) is 36.2 Å². The van der Waals surface area contributed by atoms with E-state index in [1.807, 2.05) is 12.1 Å². The average molecular weight is 340 g/mol. The summed E-state index contributed by atoms with van der Waals surface area (Å²) < 4.78 is 0. The summed E-state index contributed by atoms with van der Waals surface area (Å²) in [5.41, 5.74) is 2.54. The van der Waals surface area contributed by atoms with Gasteiger partial charge in [0.15, 0.2) is 5.82 Å². The van der Waals surface area contributed by atoms with E-state index in [1.165, 1.54) is 11.1 Å². The van der Waals surface area contributed by atoms with E-state index in [1.54, 1.807) is 0 Å². The topological polar surface area (TPSA) is 57.7 Å². The molecule has 0 amide bonds. The minimum atomic E-state index is 0.209. The zero-order valence-electron chi connectivity index (χ0n) is 13.1. The lowest BCUT2D eigenvalue weighted by Crippen LogP contribution is -2.27. The van der Waals surface area contributed by atoms with Crippen LogP contribution in [0.15, 0.2) is 54.6 Å². The van der Waals surface area contributed by atoms with Crippen LogP contribution in [0.3, 0.4) is 0 Å². The van der Waals surface area contributed by atoms with Gasteiger partial charge in [0.1, 0.15) is 0 Å². The predicted octanol–water partition coefficient (Wildman–Crippen LogP) is 3.43. The maximum Gasteiger partial charge on any atom is 0.178 e. The first-order valence-electron chi connectivity index (χ1n) is 8.09. The third-order valence-electron chi connectivity index (χ3n) is 4.61. The minimum absolute atomic E-state index is 0.209. The van der Waals surface area contributed by atoms with Gasteiger partial charge in [0.25, 0.3) is 0 Å². The van der Waals surface area contributed by atoms with Gasteiger partial charge in [0.2, 0.25) is 0 Å². The summed E-state index contributed by atoms with van der Waals surface area (Å²) in [6.45, 7) is 1.92. The van der Waals surface area contributed by atoms with Crippen molar-refractivity contribution in [2.45, 2.75) is 18.4 Å². The molecule has 2 aromatic carbocycles. The van der Waals surface area contributed by atoms with Gasteiger partial charge in [-0.15, -0.1) is 10.2 Å². The summed E-state index contributed by atoms with van der Waals surface area (Å²) in [6, 6.07) is 18.9. The van der Waals surface area contributed by atoms with Crippen LogP contribution in [0.25, 0.3) is 0 Å². The normalized spacial score (nSPS) is 19.5. The van der Waals surface area contributed by atoms with E-state index in [9.17, 15) is 0 Å². The maximum absolute atomic E-state index is 6.07. The number of H-pyrrole nitrogens is 1. The molecule has 2 heterocycles. The Kier molecular flexibility index (Phi) is 4.28. The Labute approximate surface area is 145 Å². The van der Waals surface area contributed by atoms with Crippen LogP contribution < -0.4 is 0 Å². The molecule has 1 saturated heterocycles. The second kappa shape index (κ2) is 6.71. The van der Waals surface area contributed by atoms with Crippen LogP contribution in [0.5, 0.6) is 0 Å². The van der Waals surface area contributed by atoms with Crippen molar-refractivity contribution in [3.63, 3.8) is 0 Å². The van der Waals surface area contributed by atoms with Crippen molar-refractivity contribution in [2.24, 2.45) is 0 Å². The fourth-order valence-corrected chi connectivity index (χ4v) is 3.60. The molecule has 2 unspecified atom stereocenters. The molecule has 0 bridgehead atoms. The minimum Gasteiger partial charge on any atom is -0.292 e. The van der Waals surface area contributed by atoms with Gasteiger partial charge in [-0.3, -0.25) is 4.90 Å². The molecule has 4 rings (SSSR count). The molecule has 1 aliphatic rings. The number of aromatic amines is 1. The van der Waals surface area contributed by atoms with Crippen LogP contribution in [0, 0.1) is 0 Å². The molecule has 5 nitrogen and oxygen atoms in total. The van der Waals surface area contributed by atoms with Crippen molar-refractivity contribution < 1.29 is 0 Å². The fraction of sp³-hybridized carbons (Fsp3) is 0.278. The SMILES string of the molecule is Clc1ccc(C(c2ccccc2)N2CCC(c3nn[nH]n3)C2)cc1. The van der Waals surface area contributed by atoms with Gasteiger partial charge >= 0.3 is 0 Å². The van der Waals surface area contributed by atoms with E-state index in [0.29, 0.717) is 5.92 Å². The second-order valence-electron chi connectivity index (χ2n) is 6.12. The Morgan fingerprint density at radius 2 is 1.79 bits per heavy atom. The highest BCUT2D eigenvalue weighted by Gasteiger charge is 2.32. The highest BCUT2D eigenvalue weighted by molar-refractivity contribution is 6.30. The second-order valence-corrected chi connectivity index (χ2v) is 6.55. The number of rotatable bonds is 4. The molecule has 1 aliphatic heterocycles. The maximum atomic E-state index is 6.07. The summed E-state index contributed by atoms with van der Waals surface area (Å²) in [5.74, 6) is 1.13. The summed E-state index contributed by atoms with van der Waals surface area (Å²) in [7, 11) is 0. The lowest BCUT2D eigenvalue weighted by molar-refractivity contribution is 0.276. The number of hydrogen-bond donors (Lipinski definition) is 1. The first kappa shape index (κ1) is 15.3. The first-order valence-corrected chi connectivity index (χ1v) is 8.47. The fourth-order valence-electron chi connectivity index (χ4n) is 3.47. The van der Waals surface area contributed by atoms with Crippen molar-refractivity contribution in [1.82, 2.24) is 25.5 Å². The van der Waals surface area contributed by atoms with Gasteiger partial charge in [-0.2, -0.15) is 5.21 Å². The van der Waals surface area contributed by atoms with E-state index in [-0.39, 0.29) is 6.04 Å². The number of benzene rings is 2. The molecule has 0 spiro atoms. The molecule has 2 atom stereocenters. The quantitative estimate of drug-likeness (QED) is 0.791. The Morgan fingerprint density at radius 3 is 2.50 bits per heavy atom. The molecule has 6 heteroatoms. The van der Waals surface area contributed by atoms with Crippen LogP contribution in [0.2, 0.25) is 5.02 Å². The van der Waals surface area contributed by atoms with Gasteiger partial charge in [0, 0.05) is 17.5 Å². The zero-order chi connectivity index (χ0) is 16.4. The molecule has 0 radical (unpaired) electrons. The zero-order valence-corrected chi connectivity index (χ0v) is 13.9. The van der Waals surface area contributed by atoms with Crippen molar-refractivity contribution in [1.29, 1.82) is 0 Å². The molecular weight excluding hydrogens is 322 g/mol. The van der Waals surface area contributed by atoms with E-state index in [4.69, 9.17) is 11.6 Å². The highest BCUT2D eigenvalue weighted by Crippen LogP contribution is 2.35. The molecule has 1 N–H and O–H groups in total. The third-order valence-corrected chi connectivity index (χ3v) is 4.86. The van der Waals surface area contributed by atoms with E-state index in [2.05, 4.69) is 68.0 Å². The van der Waals surface area contributed by atoms with Crippen molar-refractivity contribution in [3.8, 4) is 0 Å². The number of tetrazole rings is 1. The van der Waals surface area contributed by atoms with Gasteiger partial charge in [0.05, 0.1) is 6.04 Å². The molecule has 122 valence electrons. The van der Waals surface area contributed by atoms with Crippen LogP contribution in [0.1, 0.15) is 35.3 Å². The first-order chi connectivity index (χ1) is 11.8. The molecule has 3 aromatic rings. The molecule has 0 aliphatic carbocycles. The van der Waals surface area contributed by atoms with Crippen molar-refractivity contribution >= 4 is 11.6 Å². The number of hydrogen-bond acceptors (Lipinski definition) is 4. The van der Waals surface area contributed by atoms with Crippen LogP contribution in [-0.2, 0) is 0 Å². The number of halogens is 1. The smallest absolute Gasteiger partial charge is 0.178 e. The summed E-state index contributed by atoms with van der Waals surface area (Å²) in [6.07, 6.45) is 1.04. The van der Waals surface area contributed by atoms with Crippen LogP contribution in [0.4, 0.5) is 0 Å². The average Bonchev–Trinajstić information content (AvgIpc) is 3.29. The third kappa shape index (κ3) is 3.05. The number of nitrogens with zero attached hydrogens (tertiary/aromatic N) is 4. The molecule has 24 heavy (non-hydrogen) atoms. The van der Waals surface area contributed by atoms with Gasteiger partial charge in [-0.1, -0.05) is 59.3 Å². The highest BCUT2D eigenvalue weighted by atomic mass is 35.5. The summed E-state index contributed by atoms with van der Waals surface area (Å²) in [5, 5.41) is 15.3. The van der Waals surface area contributed by atoms with E-state index < -0.39 is 0 Å². The van der Waals surface area contributed by atoms with E-state index >= 15 is 0 Å². The Morgan fingerprint density at radius 1 is 1.04 bits per heavy atom.